The molecule has 0 bridgehead atoms. The number of ether oxygens (including phenoxy) is 3. The molecule has 0 aliphatic carbocycles. The first kappa shape index (κ1) is 25.0. The second-order valence-electron chi connectivity index (χ2n) is 6.96. The first-order valence-electron chi connectivity index (χ1n) is 10.0. The molecule has 1 aromatic rings. The van der Waals surface area contributed by atoms with Crippen LogP contribution in [0.5, 0.6) is 5.75 Å². The molecule has 0 radical (unpaired) electrons. The Hall–Kier alpha value is -3.31. The van der Waals surface area contributed by atoms with E-state index in [0.29, 0.717) is 26.1 Å². The molecule has 11 nitrogen and oxygen atoms in total. The van der Waals surface area contributed by atoms with Gasteiger partial charge in [-0.1, -0.05) is 6.07 Å². The van der Waals surface area contributed by atoms with Crippen LogP contribution >= 0.6 is 0 Å². The van der Waals surface area contributed by atoms with Gasteiger partial charge in [0.05, 0.1) is 30.9 Å². The molecule has 1 aromatic carbocycles. The zero-order chi connectivity index (χ0) is 23.5. The number of nitrogens with one attached hydrogen (secondary N) is 2. The molecule has 174 valence electrons. The maximum atomic E-state index is 12.9. The second-order valence-corrected chi connectivity index (χ2v) is 6.96. The molecule has 1 aliphatic rings. The summed E-state index contributed by atoms with van der Waals surface area (Å²) in [6.45, 7) is 1.10. The van der Waals surface area contributed by atoms with Crippen LogP contribution in [-0.2, 0) is 23.9 Å². The van der Waals surface area contributed by atoms with Crippen molar-refractivity contribution in [1.29, 1.82) is 0 Å². The standard InChI is InChI=1S/C21H27N3O8/c1-24(16-6-7-18(26)23-20(16)28)21(29)14-4-3-5-17(15(14)12-25)32-13-19(27)22-8-9-31-11-10-30-2/h3-5,12,16H,6-11,13H2,1-2H3,(H,22,27)(H,23,26,28). The fraction of sp³-hybridized carbons (Fsp3) is 0.476. The van der Waals surface area contributed by atoms with Crippen molar-refractivity contribution in [3.8, 4) is 5.75 Å². The van der Waals surface area contributed by atoms with Crippen LogP contribution in [0.3, 0.4) is 0 Å². The number of hydrogen-bond acceptors (Lipinski definition) is 8. The van der Waals surface area contributed by atoms with Gasteiger partial charge in [-0.2, -0.15) is 0 Å². The Morgan fingerprint density at radius 1 is 1.25 bits per heavy atom. The number of benzene rings is 1. The quantitative estimate of drug-likeness (QED) is 0.248. The number of nitrogens with zero attached hydrogens (tertiary/aromatic N) is 1. The summed E-state index contributed by atoms with van der Waals surface area (Å²) < 4.78 is 15.5. The van der Waals surface area contributed by atoms with Gasteiger partial charge >= 0.3 is 0 Å². The van der Waals surface area contributed by atoms with Gasteiger partial charge in [0.1, 0.15) is 11.8 Å². The molecule has 1 heterocycles. The van der Waals surface area contributed by atoms with E-state index < -0.39 is 29.7 Å². The first-order valence-corrected chi connectivity index (χ1v) is 10.0. The van der Waals surface area contributed by atoms with E-state index in [4.69, 9.17) is 14.2 Å². The molecular weight excluding hydrogens is 422 g/mol. The molecule has 2 rings (SSSR count). The van der Waals surface area contributed by atoms with E-state index in [1.807, 2.05) is 0 Å². The number of aldehydes is 1. The first-order chi connectivity index (χ1) is 15.4. The predicted molar refractivity (Wildman–Crippen MR) is 111 cm³/mol. The van der Waals surface area contributed by atoms with Gasteiger partial charge < -0.3 is 24.4 Å². The summed E-state index contributed by atoms with van der Waals surface area (Å²) in [6, 6.07) is 3.57. The van der Waals surface area contributed by atoms with E-state index in [1.54, 1.807) is 7.11 Å². The minimum atomic E-state index is -0.832. The van der Waals surface area contributed by atoms with Crippen molar-refractivity contribution >= 4 is 29.9 Å². The highest BCUT2D eigenvalue weighted by Gasteiger charge is 2.33. The Labute approximate surface area is 185 Å². The highest BCUT2D eigenvalue weighted by atomic mass is 16.5. The fourth-order valence-corrected chi connectivity index (χ4v) is 3.06. The molecule has 1 atom stereocenters. The average molecular weight is 449 g/mol. The predicted octanol–water partition coefficient (Wildman–Crippen LogP) is -0.466. The van der Waals surface area contributed by atoms with Crippen molar-refractivity contribution in [3.05, 3.63) is 29.3 Å². The maximum absolute atomic E-state index is 12.9. The summed E-state index contributed by atoms with van der Waals surface area (Å²) in [6.07, 6.45) is 0.765. The average Bonchev–Trinajstić information content (AvgIpc) is 2.78. The molecule has 1 unspecified atom stereocenters. The van der Waals surface area contributed by atoms with Crippen molar-refractivity contribution in [1.82, 2.24) is 15.5 Å². The lowest BCUT2D eigenvalue weighted by atomic mass is 10.0. The molecule has 32 heavy (non-hydrogen) atoms. The normalized spacial score (nSPS) is 15.6. The lowest BCUT2D eigenvalue weighted by Gasteiger charge is -2.30. The summed E-state index contributed by atoms with van der Waals surface area (Å²) in [4.78, 5) is 61.2. The van der Waals surface area contributed by atoms with Crippen LogP contribution in [0, 0.1) is 0 Å². The number of carbonyl (C=O) groups is 5. The zero-order valence-corrected chi connectivity index (χ0v) is 18.0. The summed E-state index contributed by atoms with van der Waals surface area (Å²) >= 11 is 0. The fourth-order valence-electron chi connectivity index (χ4n) is 3.06. The molecule has 11 heteroatoms. The van der Waals surface area contributed by atoms with Gasteiger partial charge in [-0.15, -0.1) is 0 Å². The molecule has 0 aromatic heterocycles. The van der Waals surface area contributed by atoms with Crippen LogP contribution in [0.15, 0.2) is 18.2 Å². The molecule has 1 fully saturated rings. The molecular formula is C21H27N3O8. The topological polar surface area (TPSA) is 140 Å². The van der Waals surface area contributed by atoms with Gasteiger partial charge in [0.2, 0.25) is 11.8 Å². The van der Waals surface area contributed by atoms with Crippen molar-refractivity contribution < 1.29 is 38.2 Å². The Morgan fingerprint density at radius 3 is 2.72 bits per heavy atom. The third kappa shape index (κ3) is 6.86. The molecule has 1 saturated heterocycles. The number of imide groups is 1. The van der Waals surface area contributed by atoms with Crippen LogP contribution in [0.2, 0.25) is 0 Å². The van der Waals surface area contributed by atoms with Gasteiger partial charge in [-0.05, 0) is 18.6 Å². The van der Waals surface area contributed by atoms with E-state index in [0.717, 1.165) is 0 Å². The number of rotatable bonds is 12. The maximum Gasteiger partial charge on any atom is 0.258 e. The second kappa shape index (κ2) is 12.5. The number of amides is 4. The molecule has 2 N–H and O–H groups in total. The minimum Gasteiger partial charge on any atom is -0.483 e. The molecule has 1 aliphatic heterocycles. The van der Waals surface area contributed by atoms with E-state index in [2.05, 4.69) is 10.6 Å². The third-order valence-corrected chi connectivity index (χ3v) is 4.77. The van der Waals surface area contributed by atoms with Gasteiger partial charge in [0.25, 0.3) is 11.8 Å². The largest absolute Gasteiger partial charge is 0.483 e. The van der Waals surface area contributed by atoms with Gasteiger partial charge in [-0.25, -0.2) is 0 Å². The van der Waals surface area contributed by atoms with Crippen LogP contribution in [0.25, 0.3) is 0 Å². The number of methoxy groups -OCH3 is 1. The number of piperidine rings is 1. The Kier molecular flexibility index (Phi) is 9.76. The van der Waals surface area contributed by atoms with Crippen LogP contribution in [0.4, 0.5) is 0 Å². The third-order valence-electron chi connectivity index (χ3n) is 4.77. The monoisotopic (exact) mass is 449 g/mol. The van der Waals surface area contributed by atoms with Crippen molar-refractivity contribution in [2.24, 2.45) is 0 Å². The Morgan fingerprint density at radius 2 is 2.03 bits per heavy atom. The van der Waals surface area contributed by atoms with E-state index in [9.17, 15) is 24.0 Å². The van der Waals surface area contributed by atoms with Gasteiger partial charge in [0, 0.05) is 27.1 Å². The van der Waals surface area contributed by atoms with Crippen molar-refractivity contribution in [2.75, 3.05) is 47.1 Å². The Balaban J connectivity index is 1.98. The zero-order valence-electron chi connectivity index (χ0n) is 18.0. The van der Waals surface area contributed by atoms with Gasteiger partial charge in [-0.3, -0.25) is 29.3 Å². The lowest BCUT2D eigenvalue weighted by molar-refractivity contribution is -0.136. The lowest BCUT2D eigenvalue weighted by Crippen LogP contribution is -2.53. The van der Waals surface area contributed by atoms with E-state index in [1.165, 1.54) is 30.1 Å². The summed E-state index contributed by atoms with van der Waals surface area (Å²) in [7, 11) is 2.98. The molecule has 0 spiro atoms. The van der Waals surface area contributed by atoms with Crippen molar-refractivity contribution in [3.63, 3.8) is 0 Å². The van der Waals surface area contributed by atoms with Crippen molar-refractivity contribution in [2.45, 2.75) is 18.9 Å². The Bertz CT molecular complexity index is 857. The van der Waals surface area contributed by atoms with E-state index >= 15 is 0 Å². The SMILES string of the molecule is COCCOCCNC(=O)COc1cccc(C(=O)N(C)C2CCC(=O)NC2=O)c1C=O. The van der Waals surface area contributed by atoms with Gasteiger partial charge in [0.15, 0.2) is 12.9 Å². The number of likely N-dealkylation sites (N-methyl/N-ethyl adjacent to an activating group) is 1. The molecule has 4 amide bonds. The summed E-state index contributed by atoms with van der Waals surface area (Å²) in [5.41, 5.74) is -0.0102. The van der Waals surface area contributed by atoms with Crippen LogP contribution < -0.4 is 15.4 Å². The van der Waals surface area contributed by atoms with Crippen LogP contribution in [0.1, 0.15) is 33.6 Å². The minimum absolute atomic E-state index is 0.0247. The summed E-state index contributed by atoms with van der Waals surface area (Å²) in [5, 5.41) is 4.80. The smallest absolute Gasteiger partial charge is 0.258 e. The number of carbonyl (C=O) groups excluding carboxylic acids is 5. The van der Waals surface area contributed by atoms with Crippen LogP contribution in [-0.4, -0.2) is 88.0 Å². The highest BCUT2D eigenvalue weighted by molar-refractivity contribution is 6.06. The molecule has 0 saturated carbocycles. The number of hydrogen-bond donors (Lipinski definition) is 2. The highest BCUT2D eigenvalue weighted by Crippen LogP contribution is 2.23. The van der Waals surface area contributed by atoms with E-state index in [-0.39, 0.29) is 42.9 Å². The summed E-state index contributed by atoms with van der Waals surface area (Å²) in [5.74, 6) is -1.90.